The lowest BCUT2D eigenvalue weighted by Crippen LogP contribution is -2.52. The van der Waals surface area contributed by atoms with Crippen molar-refractivity contribution in [2.75, 3.05) is 5.32 Å². The number of hydrogen-bond donors (Lipinski definition) is 1. The highest BCUT2D eigenvalue weighted by atomic mass is 79.9. The van der Waals surface area contributed by atoms with Crippen LogP contribution in [0.25, 0.3) is 0 Å². The molecule has 36 heavy (non-hydrogen) atoms. The Balaban J connectivity index is 1.59. The number of rotatable bonds is 5. The van der Waals surface area contributed by atoms with Crippen LogP contribution in [0.5, 0.6) is 0 Å². The lowest BCUT2D eigenvalue weighted by Gasteiger charge is -2.39. The number of hydrogen-bond acceptors (Lipinski definition) is 6. The monoisotopic (exact) mass is 551 g/mol. The van der Waals surface area contributed by atoms with E-state index in [1.807, 2.05) is 0 Å². The van der Waals surface area contributed by atoms with Gasteiger partial charge in [-0.05, 0) is 48.9 Å². The van der Waals surface area contributed by atoms with Crippen LogP contribution < -0.4 is 5.32 Å². The second kappa shape index (κ2) is 9.32. The number of amides is 1. The Bertz CT molecular complexity index is 1300. The van der Waals surface area contributed by atoms with E-state index < -0.39 is 58.0 Å². The normalized spacial score (nSPS) is 21.5. The van der Waals surface area contributed by atoms with Crippen molar-refractivity contribution in [1.29, 1.82) is 0 Å². The average Bonchev–Trinajstić information content (AvgIpc) is 3.02. The highest BCUT2D eigenvalue weighted by Crippen LogP contribution is 2.43. The number of nitrogens with one attached hydrogen (secondary N) is 1. The lowest BCUT2D eigenvalue weighted by atomic mass is 9.61. The molecule has 1 N–H and O–H groups in total. The summed E-state index contributed by atoms with van der Waals surface area (Å²) in [7, 11) is 0. The van der Waals surface area contributed by atoms with Crippen LogP contribution >= 0.6 is 15.9 Å². The topological polar surface area (TPSA) is 114 Å². The largest absolute Gasteiger partial charge is 0.319 e. The molecule has 2 aromatic carbocycles. The molecule has 186 valence electrons. The van der Waals surface area contributed by atoms with Gasteiger partial charge in [0, 0.05) is 27.7 Å². The molecule has 0 spiro atoms. The van der Waals surface area contributed by atoms with Crippen LogP contribution in [0, 0.1) is 37.0 Å². The van der Waals surface area contributed by atoms with Crippen LogP contribution in [0.4, 0.5) is 5.69 Å². The predicted octanol–water partition coefficient (Wildman–Crippen LogP) is 4.46. The summed E-state index contributed by atoms with van der Waals surface area (Å²) in [4.78, 5) is 78.6. The first-order chi connectivity index (χ1) is 16.8. The van der Waals surface area contributed by atoms with Crippen molar-refractivity contribution in [3.8, 4) is 0 Å². The predicted molar refractivity (Wildman–Crippen MR) is 136 cm³/mol. The molecule has 0 radical (unpaired) electrons. The van der Waals surface area contributed by atoms with Gasteiger partial charge in [0.2, 0.25) is 5.78 Å². The molecule has 0 aliphatic heterocycles. The summed E-state index contributed by atoms with van der Waals surface area (Å²) < 4.78 is 0.824. The molecule has 2 unspecified atom stereocenters. The van der Waals surface area contributed by atoms with Gasteiger partial charge in [-0.15, -0.1) is 0 Å². The van der Waals surface area contributed by atoms with Gasteiger partial charge in [-0.3, -0.25) is 28.8 Å². The van der Waals surface area contributed by atoms with Crippen molar-refractivity contribution < 1.29 is 28.8 Å². The number of halogens is 1. The number of fused-ring (bicyclic) bond motifs is 1. The molecule has 4 rings (SSSR count). The number of aryl methyl sites for hydroxylation is 2. The number of anilines is 1. The van der Waals surface area contributed by atoms with Gasteiger partial charge in [0.1, 0.15) is 5.78 Å². The molecule has 2 aromatic rings. The average molecular weight is 552 g/mol. The maximum absolute atomic E-state index is 13.6. The molecule has 1 saturated carbocycles. The number of Topliss-reactive ketones (excluding diaryl/α,β-unsaturated/α-hetero) is 5. The van der Waals surface area contributed by atoms with Gasteiger partial charge in [-0.25, -0.2) is 0 Å². The molecular weight excluding hydrogens is 526 g/mol. The van der Waals surface area contributed by atoms with E-state index in [1.54, 1.807) is 64.1 Å². The molecule has 0 saturated heterocycles. The third-order valence-corrected chi connectivity index (χ3v) is 7.67. The van der Waals surface area contributed by atoms with Gasteiger partial charge < -0.3 is 5.32 Å². The molecule has 1 fully saturated rings. The molecular formula is C28H26BrNO6. The third-order valence-electron chi connectivity index (χ3n) is 7.21. The quantitative estimate of drug-likeness (QED) is 0.433. The van der Waals surface area contributed by atoms with Crippen molar-refractivity contribution in [3.05, 3.63) is 63.1 Å². The summed E-state index contributed by atoms with van der Waals surface area (Å²) >= 11 is 3.39. The van der Waals surface area contributed by atoms with Crippen molar-refractivity contribution in [1.82, 2.24) is 0 Å². The van der Waals surface area contributed by atoms with Crippen LogP contribution in [-0.4, -0.2) is 34.8 Å². The van der Waals surface area contributed by atoms with E-state index in [0.29, 0.717) is 5.69 Å². The van der Waals surface area contributed by atoms with Gasteiger partial charge in [0.15, 0.2) is 17.3 Å². The van der Waals surface area contributed by atoms with Gasteiger partial charge in [0.25, 0.3) is 5.91 Å². The highest BCUT2D eigenvalue weighted by molar-refractivity contribution is 9.10. The minimum atomic E-state index is -1.37. The molecule has 0 aromatic heterocycles. The first-order valence-electron chi connectivity index (χ1n) is 11.7. The highest BCUT2D eigenvalue weighted by Gasteiger charge is 2.54. The summed E-state index contributed by atoms with van der Waals surface area (Å²) in [5.41, 5.74) is 1.42. The fourth-order valence-electron chi connectivity index (χ4n) is 5.42. The van der Waals surface area contributed by atoms with Gasteiger partial charge in [-0.2, -0.15) is 0 Å². The fraction of sp³-hybridized carbons (Fsp3) is 0.357. The van der Waals surface area contributed by atoms with Crippen LogP contribution in [0.2, 0.25) is 0 Å². The summed E-state index contributed by atoms with van der Waals surface area (Å²) in [5.74, 6) is -7.69. The molecule has 0 bridgehead atoms. The summed E-state index contributed by atoms with van der Waals surface area (Å²) in [6, 6.07) is 9.98. The van der Waals surface area contributed by atoms with Crippen LogP contribution in [0.15, 0.2) is 40.9 Å². The molecule has 8 heteroatoms. The number of carbonyl (C=O) groups is 6. The van der Waals surface area contributed by atoms with Crippen molar-refractivity contribution in [2.45, 2.75) is 40.5 Å². The summed E-state index contributed by atoms with van der Waals surface area (Å²) in [5, 5.41) is 2.63. The Morgan fingerprint density at radius 2 is 1.47 bits per heavy atom. The second-order valence-electron chi connectivity index (χ2n) is 10.3. The maximum atomic E-state index is 13.6. The maximum Gasteiger partial charge on any atom is 0.292 e. The minimum Gasteiger partial charge on any atom is -0.319 e. The van der Waals surface area contributed by atoms with E-state index in [9.17, 15) is 28.8 Å². The molecule has 2 aliphatic rings. The first-order valence-corrected chi connectivity index (χ1v) is 12.5. The van der Waals surface area contributed by atoms with E-state index in [4.69, 9.17) is 0 Å². The Hall–Kier alpha value is -3.26. The standard InChI is InChI=1S/C28H26BrNO6/c1-13-9-15(29)10-14(2)22(13)30-27(36)26(35)21-25(34)18(20(31)12-28(21,3)4)11-19-23(32)16-7-5-6-8-17(16)24(19)33/h5-10,18-19,21H,11-12H2,1-4H3,(H,30,36). The minimum absolute atomic E-state index is 0.120. The fourth-order valence-corrected chi connectivity index (χ4v) is 6.11. The molecule has 7 nitrogen and oxygen atoms in total. The van der Waals surface area contributed by atoms with E-state index in [2.05, 4.69) is 21.2 Å². The van der Waals surface area contributed by atoms with E-state index in [0.717, 1.165) is 15.6 Å². The van der Waals surface area contributed by atoms with E-state index in [-0.39, 0.29) is 24.0 Å². The smallest absolute Gasteiger partial charge is 0.292 e. The van der Waals surface area contributed by atoms with Gasteiger partial charge in [-0.1, -0.05) is 54.0 Å². The molecule has 1 amide bonds. The van der Waals surface area contributed by atoms with Crippen LogP contribution in [-0.2, 0) is 19.2 Å². The van der Waals surface area contributed by atoms with Crippen LogP contribution in [0.1, 0.15) is 58.5 Å². The Kier molecular flexibility index (Phi) is 6.68. The SMILES string of the molecule is Cc1cc(Br)cc(C)c1NC(=O)C(=O)C1C(=O)C(CC2C(=O)c3ccccc3C2=O)C(=O)CC1(C)C. The van der Waals surface area contributed by atoms with Gasteiger partial charge in [0.05, 0.1) is 17.8 Å². The van der Waals surface area contributed by atoms with E-state index >= 15 is 0 Å². The first kappa shape index (κ1) is 25.8. The third kappa shape index (κ3) is 4.39. The van der Waals surface area contributed by atoms with Crippen molar-refractivity contribution >= 4 is 56.4 Å². The van der Waals surface area contributed by atoms with Gasteiger partial charge >= 0.3 is 0 Å². The zero-order chi connectivity index (χ0) is 26.5. The Morgan fingerprint density at radius 3 is 2.00 bits per heavy atom. The number of carbonyl (C=O) groups excluding carboxylic acids is 6. The van der Waals surface area contributed by atoms with E-state index in [1.165, 1.54) is 0 Å². The summed E-state index contributed by atoms with van der Waals surface area (Å²) in [6.45, 7) is 6.78. The number of ketones is 5. The van der Waals surface area contributed by atoms with Crippen molar-refractivity contribution in [2.24, 2.45) is 23.2 Å². The Morgan fingerprint density at radius 1 is 0.944 bits per heavy atom. The molecule has 0 heterocycles. The lowest BCUT2D eigenvalue weighted by molar-refractivity contribution is -0.153. The zero-order valence-corrected chi connectivity index (χ0v) is 22.0. The molecule has 2 aliphatic carbocycles. The summed E-state index contributed by atoms with van der Waals surface area (Å²) in [6.07, 6.45) is -0.415. The van der Waals surface area contributed by atoms with Crippen LogP contribution in [0.3, 0.4) is 0 Å². The molecule has 2 atom stereocenters. The second-order valence-corrected chi connectivity index (χ2v) is 11.2. The number of benzene rings is 2. The van der Waals surface area contributed by atoms with Crippen molar-refractivity contribution in [3.63, 3.8) is 0 Å². The zero-order valence-electron chi connectivity index (χ0n) is 20.4. The Labute approximate surface area is 217 Å².